The van der Waals surface area contributed by atoms with E-state index >= 15 is 0 Å². The monoisotopic (exact) mass is 417 g/mol. The molecule has 1 amide bonds. The van der Waals surface area contributed by atoms with Gasteiger partial charge in [0.05, 0.1) is 17.9 Å². The fourth-order valence-corrected chi connectivity index (χ4v) is 4.54. The largest absolute Gasteiger partial charge is 0.347 e. The van der Waals surface area contributed by atoms with Crippen molar-refractivity contribution in [2.45, 2.75) is 26.4 Å². The number of carbonyl (C=O) groups is 1. The smallest absolute Gasteiger partial charge is 0.271 e. The molecule has 4 aromatic rings. The third kappa shape index (κ3) is 4.19. The Hall–Kier alpha value is -3.25. The van der Waals surface area contributed by atoms with Crippen LogP contribution in [0.5, 0.6) is 0 Å². The molecule has 0 aliphatic rings. The van der Waals surface area contributed by atoms with Crippen LogP contribution in [0.3, 0.4) is 0 Å². The van der Waals surface area contributed by atoms with Crippen molar-refractivity contribution in [3.63, 3.8) is 0 Å². The van der Waals surface area contributed by atoms with Gasteiger partial charge in [-0.2, -0.15) is 0 Å². The van der Waals surface area contributed by atoms with E-state index in [2.05, 4.69) is 24.1 Å². The zero-order valence-electron chi connectivity index (χ0n) is 16.9. The fraction of sp³-hybridized carbons (Fsp3) is 0.208. The molecule has 0 aliphatic carbocycles. The van der Waals surface area contributed by atoms with E-state index in [0.717, 1.165) is 16.0 Å². The van der Waals surface area contributed by atoms with E-state index in [9.17, 15) is 9.59 Å². The van der Waals surface area contributed by atoms with Crippen LogP contribution in [0.25, 0.3) is 20.7 Å². The zero-order valence-corrected chi connectivity index (χ0v) is 17.7. The van der Waals surface area contributed by atoms with E-state index in [1.54, 1.807) is 0 Å². The lowest BCUT2D eigenvalue weighted by Gasteiger charge is -2.23. The first kappa shape index (κ1) is 20.0. The number of hydrogen-bond donors (Lipinski definition) is 1. The molecule has 0 saturated heterocycles. The molecule has 0 fully saturated rings. The van der Waals surface area contributed by atoms with Gasteiger partial charge in [-0.15, -0.1) is 11.3 Å². The second-order valence-electron chi connectivity index (χ2n) is 7.57. The number of nitrogens with zero attached hydrogens (tertiary/aromatic N) is 2. The topological polar surface area (TPSA) is 64.0 Å². The van der Waals surface area contributed by atoms with Gasteiger partial charge in [0.15, 0.2) is 0 Å². The van der Waals surface area contributed by atoms with Gasteiger partial charge in [-0.25, -0.2) is 4.98 Å². The minimum absolute atomic E-state index is 0.0591. The Labute approximate surface area is 179 Å². The highest BCUT2D eigenvalue weighted by molar-refractivity contribution is 7.22. The molecule has 1 unspecified atom stereocenters. The van der Waals surface area contributed by atoms with Crippen LogP contribution in [0.4, 0.5) is 0 Å². The molecule has 0 aliphatic heterocycles. The first-order chi connectivity index (χ1) is 14.5. The van der Waals surface area contributed by atoms with Gasteiger partial charge in [-0.3, -0.25) is 14.2 Å². The molecule has 30 heavy (non-hydrogen) atoms. The summed E-state index contributed by atoms with van der Waals surface area (Å²) in [6, 6.07) is 21.6. The average Bonchev–Trinajstić information content (AvgIpc) is 3.20. The molecule has 4 rings (SSSR count). The van der Waals surface area contributed by atoms with Gasteiger partial charge >= 0.3 is 0 Å². The Bertz CT molecular complexity index is 1210. The van der Waals surface area contributed by atoms with Gasteiger partial charge in [-0.1, -0.05) is 74.5 Å². The predicted molar refractivity (Wildman–Crippen MR) is 121 cm³/mol. The van der Waals surface area contributed by atoms with Crippen molar-refractivity contribution >= 4 is 27.5 Å². The Morgan fingerprint density at radius 3 is 2.40 bits per heavy atom. The highest BCUT2D eigenvalue weighted by Crippen LogP contribution is 2.30. The van der Waals surface area contributed by atoms with Crippen LogP contribution in [0, 0.1) is 5.92 Å². The number of aromatic nitrogens is 2. The molecule has 6 heteroatoms. The second-order valence-corrected chi connectivity index (χ2v) is 8.62. The summed E-state index contributed by atoms with van der Waals surface area (Å²) in [5, 5.41) is 3.06. The minimum atomic E-state index is -0.208. The molecule has 2 aromatic heterocycles. The summed E-state index contributed by atoms with van der Waals surface area (Å²) in [7, 11) is 0. The number of carbonyl (C=O) groups excluding carboxylic acids is 1. The first-order valence-electron chi connectivity index (χ1n) is 9.91. The van der Waals surface area contributed by atoms with Gasteiger partial charge in [0, 0.05) is 4.88 Å². The van der Waals surface area contributed by atoms with Crippen LogP contribution in [0.2, 0.25) is 0 Å². The van der Waals surface area contributed by atoms with Crippen molar-refractivity contribution < 1.29 is 4.79 Å². The molecule has 0 bridgehead atoms. The molecular formula is C24H23N3O2S. The van der Waals surface area contributed by atoms with Crippen molar-refractivity contribution in [1.82, 2.24) is 14.9 Å². The number of nitrogens with one attached hydrogen (secondary N) is 1. The quantitative estimate of drug-likeness (QED) is 0.497. The van der Waals surface area contributed by atoms with Crippen molar-refractivity contribution in [1.29, 1.82) is 0 Å². The maximum atomic E-state index is 13.0. The Balaban J connectivity index is 1.57. The number of amides is 1. The molecule has 2 heterocycles. The van der Waals surface area contributed by atoms with Crippen LogP contribution in [-0.4, -0.2) is 15.5 Å². The molecule has 1 atom stereocenters. The average molecular weight is 418 g/mol. The SMILES string of the molecule is CC(C)C(NC(=O)Cn1cnc2cc(-c3ccccc3)sc2c1=O)c1ccccc1. The molecule has 0 saturated carbocycles. The summed E-state index contributed by atoms with van der Waals surface area (Å²) in [6.07, 6.45) is 1.46. The molecule has 5 nitrogen and oxygen atoms in total. The highest BCUT2D eigenvalue weighted by Gasteiger charge is 2.19. The molecule has 152 valence electrons. The first-order valence-corrected chi connectivity index (χ1v) is 10.7. The zero-order chi connectivity index (χ0) is 21.1. The van der Waals surface area contributed by atoms with Crippen LogP contribution in [0.15, 0.2) is 77.9 Å². The Morgan fingerprint density at radius 2 is 1.73 bits per heavy atom. The van der Waals surface area contributed by atoms with E-state index in [-0.39, 0.29) is 30.0 Å². The summed E-state index contributed by atoms with van der Waals surface area (Å²) >= 11 is 1.41. The Kier molecular flexibility index (Phi) is 5.77. The number of hydrogen-bond acceptors (Lipinski definition) is 4. The summed E-state index contributed by atoms with van der Waals surface area (Å²) < 4.78 is 1.94. The number of rotatable bonds is 6. The van der Waals surface area contributed by atoms with Gasteiger partial charge in [-0.05, 0) is 23.1 Å². The standard InChI is InChI=1S/C24H23N3O2S/c1-16(2)22(18-11-7-4-8-12-18)26-21(28)14-27-15-25-19-13-20(30-23(19)24(27)29)17-9-5-3-6-10-17/h3-13,15-16,22H,14H2,1-2H3,(H,26,28). The van der Waals surface area contributed by atoms with Crippen LogP contribution in [0.1, 0.15) is 25.5 Å². The summed E-state index contributed by atoms with van der Waals surface area (Å²) in [5.74, 6) is 0.0139. The molecule has 1 N–H and O–H groups in total. The maximum absolute atomic E-state index is 13.0. The lowest BCUT2D eigenvalue weighted by Crippen LogP contribution is -2.36. The van der Waals surface area contributed by atoms with E-state index in [0.29, 0.717) is 10.2 Å². The van der Waals surface area contributed by atoms with Crippen molar-refractivity contribution in [2.75, 3.05) is 0 Å². The number of benzene rings is 2. The third-order valence-electron chi connectivity index (χ3n) is 5.02. The lowest BCUT2D eigenvalue weighted by atomic mass is 9.96. The number of thiophene rings is 1. The molecule has 2 aromatic carbocycles. The van der Waals surface area contributed by atoms with E-state index in [4.69, 9.17) is 0 Å². The second kappa shape index (κ2) is 8.63. The summed E-state index contributed by atoms with van der Waals surface area (Å²) in [6.45, 7) is 4.07. The highest BCUT2D eigenvalue weighted by atomic mass is 32.1. The number of fused-ring (bicyclic) bond motifs is 1. The fourth-order valence-electron chi connectivity index (χ4n) is 3.47. The summed E-state index contributed by atoms with van der Waals surface area (Å²) in [5.41, 5.74) is 2.56. The Morgan fingerprint density at radius 1 is 1.07 bits per heavy atom. The van der Waals surface area contributed by atoms with Crippen LogP contribution >= 0.6 is 11.3 Å². The molecule has 0 radical (unpaired) electrons. The molecular weight excluding hydrogens is 394 g/mol. The van der Waals surface area contributed by atoms with E-state index in [1.807, 2.05) is 66.7 Å². The van der Waals surface area contributed by atoms with Crippen LogP contribution in [-0.2, 0) is 11.3 Å². The van der Waals surface area contributed by atoms with Crippen molar-refractivity contribution in [3.05, 3.63) is 89.0 Å². The van der Waals surface area contributed by atoms with Gasteiger partial charge in [0.25, 0.3) is 5.56 Å². The van der Waals surface area contributed by atoms with Crippen LogP contribution < -0.4 is 10.9 Å². The van der Waals surface area contributed by atoms with Gasteiger partial charge in [0.2, 0.25) is 5.91 Å². The van der Waals surface area contributed by atoms with E-state index in [1.165, 1.54) is 22.2 Å². The van der Waals surface area contributed by atoms with Crippen molar-refractivity contribution in [2.24, 2.45) is 5.92 Å². The van der Waals surface area contributed by atoms with E-state index < -0.39 is 0 Å². The predicted octanol–water partition coefficient (Wildman–Crippen LogP) is 4.64. The summed E-state index contributed by atoms with van der Waals surface area (Å²) in [4.78, 5) is 31.1. The molecule has 0 spiro atoms. The van der Waals surface area contributed by atoms with Gasteiger partial charge in [0.1, 0.15) is 11.2 Å². The minimum Gasteiger partial charge on any atom is -0.347 e. The normalized spacial score (nSPS) is 12.2. The van der Waals surface area contributed by atoms with Gasteiger partial charge < -0.3 is 5.32 Å². The van der Waals surface area contributed by atoms with Crippen molar-refractivity contribution in [3.8, 4) is 10.4 Å². The third-order valence-corrected chi connectivity index (χ3v) is 6.18. The lowest BCUT2D eigenvalue weighted by molar-refractivity contribution is -0.122. The maximum Gasteiger partial charge on any atom is 0.271 e.